The molecule has 0 amide bonds. The van der Waals surface area contributed by atoms with Crippen LogP contribution >= 0.6 is 0 Å². The average molecular weight is 356 g/mol. The van der Waals surface area contributed by atoms with E-state index in [-0.39, 0.29) is 6.10 Å². The number of allylic oxidation sites excluding steroid dienone is 2. The van der Waals surface area contributed by atoms with E-state index in [2.05, 4.69) is 32.9 Å². The van der Waals surface area contributed by atoms with Gasteiger partial charge in [0.25, 0.3) is 0 Å². The Kier molecular flexibility index (Phi) is 13.8. The predicted molar refractivity (Wildman–Crippen MR) is 103 cm³/mol. The number of hydrogen-bond acceptors (Lipinski definition) is 3. The van der Waals surface area contributed by atoms with Gasteiger partial charge in [-0.15, -0.1) is 0 Å². The fraction of sp³-hybridized carbons (Fsp3) is 0.857. The fourth-order valence-electron chi connectivity index (χ4n) is 3.29. The van der Waals surface area contributed by atoms with Crippen LogP contribution in [0.25, 0.3) is 0 Å². The van der Waals surface area contributed by atoms with Crippen LogP contribution in [0, 0.1) is 5.92 Å². The SMILES string of the molecule is CC/C=C/CCC(O)C[N+](CCCC)(CCCC)CCC(C)C(=O)[O-]. The van der Waals surface area contributed by atoms with Crippen LogP contribution in [0.2, 0.25) is 0 Å². The highest BCUT2D eigenvalue weighted by molar-refractivity contribution is 5.66. The molecule has 1 N–H and O–H groups in total. The second-order valence-corrected chi connectivity index (χ2v) is 7.52. The molecule has 0 heterocycles. The number of aliphatic carboxylic acids is 1. The Morgan fingerprint density at radius 2 is 1.64 bits per heavy atom. The zero-order chi connectivity index (χ0) is 19.1. The summed E-state index contributed by atoms with van der Waals surface area (Å²) in [5.74, 6) is -1.39. The molecule has 0 saturated heterocycles. The van der Waals surface area contributed by atoms with Crippen molar-refractivity contribution >= 4 is 5.97 Å². The molecule has 0 aromatic carbocycles. The maximum atomic E-state index is 11.1. The van der Waals surface area contributed by atoms with Gasteiger partial charge in [-0.25, -0.2) is 0 Å². The summed E-state index contributed by atoms with van der Waals surface area (Å²) in [7, 11) is 0. The molecular weight excluding hydrogens is 314 g/mol. The number of carboxylic acids is 1. The molecule has 0 rings (SSSR count). The van der Waals surface area contributed by atoms with Crippen LogP contribution in [0.5, 0.6) is 0 Å². The van der Waals surface area contributed by atoms with Crippen molar-refractivity contribution in [2.45, 2.75) is 85.2 Å². The lowest BCUT2D eigenvalue weighted by molar-refractivity contribution is -0.931. The number of carbonyl (C=O) groups is 1. The Morgan fingerprint density at radius 1 is 1.04 bits per heavy atom. The van der Waals surface area contributed by atoms with Crippen molar-refractivity contribution in [3.05, 3.63) is 12.2 Å². The molecule has 0 aliphatic heterocycles. The van der Waals surface area contributed by atoms with Crippen molar-refractivity contribution in [1.82, 2.24) is 0 Å². The van der Waals surface area contributed by atoms with Crippen LogP contribution in [-0.4, -0.2) is 47.8 Å². The predicted octanol–water partition coefficient (Wildman–Crippen LogP) is 3.29. The molecule has 25 heavy (non-hydrogen) atoms. The first-order chi connectivity index (χ1) is 11.9. The van der Waals surface area contributed by atoms with E-state index < -0.39 is 11.9 Å². The van der Waals surface area contributed by atoms with Crippen molar-refractivity contribution in [3.8, 4) is 0 Å². The topological polar surface area (TPSA) is 60.4 Å². The molecular formula is C21H41NO3. The zero-order valence-electron chi connectivity index (χ0n) is 17.0. The van der Waals surface area contributed by atoms with Crippen LogP contribution in [0.3, 0.4) is 0 Å². The van der Waals surface area contributed by atoms with Gasteiger partial charge in [-0.05, 0) is 32.1 Å². The highest BCUT2D eigenvalue weighted by Gasteiger charge is 2.29. The number of carboxylic acid groups (broad SMARTS) is 1. The van der Waals surface area contributed by atoms with Gasteiger partial charge in [0.15, 0.2) is 0 Å². The third kappa shape index (κ3) is 11.4. The summed E-state index contributed by atoms with van der Waals surface area (Å²) in [6.07, 6.45) is 11.8. The van der Waals surface area contributed by atoms with Crippen molar-refractivity contribution in [2.24, 2.45) is 5.92 Å². The number of carbonyl (C=O) groups excluding carboxylic acids is 1. The van der Waals surface area contributed by atoms with E-state index in [1.807, 2.05) is 0 Å². The average Bonchev–Trinajstić information content (AvgIpc) is 2.59. The largest absolute Gasteiger partial charge is 0.550 e. The van der Waals surface area contributed by atoms with Gasteiger partial charge >= 0.3 is 0 Å². The van der Waals surface area contributed by atoms with Gasteiger partial charge in [0.1, 0.15) is 12.6 Å². The van der Waals surface area contributed by atoms with E-state index in [1.165, 1.54) is 0 Å². The molecule has 0 saturated carbocycles. The number of rotatable bonds is 16. The van der Waals surface area contributed by atoms with E-state index in [1.54, 1.807) is 6.92 Å². The van der Waals surface area contributed by atoms with Gasteiger partial charge in [-0.3, -0.25) is 0 Å². The smallest absolute Gasteiger partial charge is 0.105 e. The first kappa shape index (κ1) is 24.1. The van der Waals surface area contributed by atoms with Gasteiger partial charge < -0.3 is 19.5 Å². The van der Waals surface area contributed by atoms with Gasteiger partial charge in [0.05, 0.1) is 19.6 Å². The number of unbranched alkanes of at least 4 members (excludes halogenated alkanes) is 2. The molecule has 0 aromatic rings. The van der Waals surface area contributed by atoms with E-state index in [9.17, 15) is 15.0 Å². The lowest BCUT2D eigenvalue weighted by atomic mass is 10.0. The highest BCUT2D eigenvalue weighted by Crippen LogP contribution is 2.19. The first-order valence-corrected chi connectivity index (χ1v) is 10.3. The number of quaternary nitrogens is 1. The summed E-state index contributed by atoms with van der Waals surface area (Å²) in [5, 5.41) is 21.7. The third-order valence-electron chi connectivity index (χ3n) is 5.08. The quantitative estimate of drug-likeness (QED) is 0.341. The van der Waals surface area contributed by atoms with Crippen molar-refractivity contribution in [2.75, 3.05) is 26.2 Å². The normalized spacial score (nSPS) is 14.8. The van der Waals surface area contributed by atoms with Gasteiger partial charge in [0, 0.05) is 18.3 Å². The summed E-state index contributed by atoms with van der Waals surface area (Å²) in [6.45, 7) is 11.8. The van der Waals surface area contributed by atoms with Crippen LogP contribution in [-0.2, 0) is 4.79 Å². The van der Waals surface area contributed by atoms with Crippen LogP contribution < -0.4 is 5.11 Å². The lowest BCUT2D eigenvalue weighted by Gasteiger charge is -2.41. The summed E-state index contributed by atoms with van der Waals surface area (Å²) >= 11 is 0. The molecule has 4 heteroatoms. The highest BCUT2D eigenvalue weighted by atomic mass is 16.4. The van der Waals surface area contributed by atoms with Crippen molar-refractivity contribution in [1.29, 1.82) is 0 Å². The molecule has 0 aromatic heterocycles. The number of nitrogens with zero attached hydrogens (tertiary/aromatic N) is 1. The minimum Gasteiger partial charge on any atom is -0.550 e. The molecule has 4 nitrogen and oxygen atoms in total. The Bertz CT molecular complexity index is 360. The van der Waals surface area contributed by atoms with Gasteiger partial charge in [-0.2, -0.15) is 0 Å². The number of aliphatic hydroxyl groups excluding tert-OH is 1. The van der Waals surface area contributed by atoms with Crippen molar-refractivity contribution in [3.63, 3.8) is 0 Å². The maximum Gasteiger partial charge on any atom is 0.105 e. The first-order valence-electron chi connectivity index (χ1n) is 10.3. The summed E-state index contributed by atoms with van der Waals surface area (Å²) in [5.41, 5.74) is 0. The molecule has 0 spiro atoms. The fourth-order valence-corrected chi connectivity index (χ4v) is 3.29. The number of aliphatic hydroxyl groups is 1. The minimum absolute atomic E-state index is 0.325. The Balaban J connectivity index is 4.94. The van der Waals surface area contributed by atoms with E-state index >= 15 is 0 Å². The molecule has 2 atom stereocenters. The standard InChI is InChI=1S/C21H41NO3/c1-5-8-11-12-13-20(23)18-22(15-9-6-2,16-10-7-3)17-14-19(4)21(24)25/h8,11,19-20,23H,5-7,9-10,12-18H2,1-4H3/b11-8+. The molecule has 2 unspecified atom stereocenters. The molecule has 0 radical (unpaired) electrons. The van der Waals surface area contributed by atoms with Crippen LogP contribution in [0.4, 0.5) is 0 Å². The van der Waals surface area contributed by atoms with Gasteiger partial charge in [-0.1, -0.05) is 52.7 Å². The van der Waals surface area contributed by atoms with Crippen LogP contribution in [0.15, 0.2) is 12.2 Å². The lowest BCUT2D eigenvalue weighted by Crippen LogP contribution is -2.54. The van der Waals surface area contributed by atoms with Gasteiger partial charge in [0.2, 0.25) is 0 Å². The number of hydrogen-bond donors (Lipinski definition) is 1. The second-order valence-electron chi connectivity index (χ2n) is 7.52. The third-order valence-corrected chi connectivity index (χ3v) is 5.08. The zero-order valence-corrected chi connectivity index (χ0v) is 17.0. The van der Waals surface area contributed by atoms with E-state index in [4.69, 9.17) is 0 Å². The molecule has 148 valence electrons. The maximum absolute atomic E-state index is 11.1. The Morgan fingerprint density at radius 3 is 2.12 bits per heavy atom. The minimum atomic E-state index is -0.964. The summed E-state index contributed by atoms with van der Waals surface area (Å²) < 4.78 is 0.845. The summed E-state index contributed by atoms with van der Waals surface area (Å²) in [4.78, 5) is 11.1. The Labute approximate surface area is 155 Å². The second kappa shape index (κ2) is 14.3. The Hall–Kier alpha value is -0.870. The molecule has 0 aliphatic rings. The monoisotopic (exact) mass is 355 g/mol. The van der Waals surface area contributed by atoms with E-state index in [0.717, 1.165) is 75.6 Å². The molecule has 0 fully saturated rings. The van der Waals surface area contributed by atoms with E-state index in [0.29, 0.717) is 6.42 Å². The summed E-state index contributed by atoms with van der Waals surface area (Å²) in [6, 6.07) is 0. The molecule has 0 aliphatic carbocycles. The van der Waals surface area contributed by atoms with Crippen molar-refractivity contribution < 1.29 is 19.5 Å². The van der Waals surface area contributed by atoms with Crippen LogP contribution in [0.1, 0.15) is 79.1 Å². The molecule has 0 bridgehead atoms.